The Bertz CT molecular complexity index is 569. The van der Waals surface area contributed by atoms with Crippen molar-refractivity contribution < 1.29 is 9.59 Å². The Morgan fingerprint density at radius 2 is 1.43 bits per heavy atom. The summed E-state index contributed by atoms with van der Waals surface area (Å²) >= 11 is 0. The molecule has 0 amide bonds. The summed E-state index contributed by atoms with van der Waals surface area (Å²) in [4.78, 5) is 25.0. The van der Waals surface area contributed by atoms with Gasteiger partial charge in [-0.15, -0.1) is 0 Å². The second-order valence-electron chi connectivity index (χ2n) is 5.75. The standard InChI is InChI=1S/C20H23NO2/c1-17(23)20(13-8-14-22)21(15-18-9-4-2-5-10-18)16-19-11-6-3-7-12-19/h2-7,9-12,14,20H,8,13,15-16H2,1H3/t20-/m1/s1. The SMILES string of the molecule is CC(=O)[C@@H](CCC=O)N(Cc1ccccc1)Cc1ccccc1. The number of carbonyl (C=O) groups excluding carboxylic acids is 2. The highest BCUT2D eigenvalue weighted by atomic mass is 16.1. The summed E-state index contributed by atoms with van der Waals surface area (Å²) in [6.45, 7) is 3.00. The van der Waals surface area contributed by atoms with Crippen LogP contribution in [0, 0.1) is 0 Å². The van der Waals surface area contributed by atoms with E-state index >= 15 is 0 Å². The Labute approximate surface area is 137 Å². The molecule has 3 heteroatoms. The molecule has 3 nitrogen and oxygen atoms in total. The molecule has 0 N–H and O–H groups in total. The maximum Gasteiger partial charge on any atom is 0.146 e. The summed E-state index contributed by atoms with van der Waals surface area (Å²) in [7, 11) is 0. The van der Waals surface area contributed by atoms with E-state index in [1.165, 1.54) is 11.1 Å². The molecular formula is C20H23NO2. The smallest absolute Gasteiger partial charge is 0.146 e. The van der Waals surface area contributed by atoms with Gasteiger partial charge in [0.2, 0.25) is 0 Å². The molecule has 0 saturated heterocycles. The molecule has 0 radical (unpaired) electrons. The van der Waals surface area contributed by atoms with Crippen LogP contribution in [0.4, 0.5) is 0 Å². The van der Waals surface area contributed by atoms with E-state index < -0.39 is 0 Å². The summed E-state index contributed by atoms with van der Waals surface area (Å²) in [5.41, 5.74) is 2.33. The number of Topliss-reactive ketones (excluding diaryl/α,β-unsaturated/α-hetero) is 1. The number of hydrogen-bond donors (Lipinski definition) is 0. The van der Waals surface area contributed by atoms with Crippen molar-refractivity contribution in [2.24, 2.45) is 0 Å². The Balaban J connectivity index is 2.21. The van der Waals surface area contributed by atoms with Crippen LogP contribution < -0.4 is 0 Å². The van der Waals surface area contributed by atoms with Crippen LogP contribution in [-0.2, 0) is 22.7 Å². The van der Waals surface area contributed by atoms with Gasteiger partial charge in [0.15, 0.2) is 0 Å². The van der Waals surface area contributed by atoms with Crippen molar-refractivity contribution in [2.45, 2.75) is 38.9 Å². The number of hydrogen-bond acceptors (Lipinski definition) is 3. The lowest BCUT2D eigenvalue weighted by Gasteiger charge is -2.30. The molecule has 1 atom stereocenters. The van der Waals surface area contributed by atoms with E-state index in [-0.39, 0.29) is 11.8 Å². The highest BCUT2D eigenvalue weighted by Crippen LogP contribution is 2.17. The minimum Gasteiger partial charge on any atom is -0.303 e. The van der Waals surface area contributed by atoms with Crippen molar-refractivity contribution >= 4 is 12.1 Å². The van der Waals surface area contributed by atoms with E-state index in [2.05, 4.69) is 29.2 Å². The fourth-order valence-corrected chi connectivity index (χ4v) is 2.78. The van der Waals surface area contributed by atoms with Gasteiger partial charge in [0.25, 0.3) is 0 Å². The molecule has 0 bridgehead atoms. The van der Waals surface area contributed by atoms with E-state index in [9.17, 15) is 9.59 Å². The minimum absolute atomic E-state index is 0.110. The molecular weight excluding hydrogens is 286 g/mol. The largest absolute Gasteiger partial charge is 0.303 e. The normalized spacial score (nSPS) is 12.1. The number of benzene rings is 2. The summed E-state index contributed by atoms with van der Waals surface area (Å²) < 4.78 is 0. The summed E-state index contributed by atoms with van der Waals surface area (Å²) in [6.07, 6.45) is 1.86. The first-order valence-corrected chi connectivity index (χ1v) is 7.96. The van der Waals surface area contributed by atoms with Gasteiger partial charge in [0.1, 0.15) is 12.1 Å². The maximum absolute atomic E-state index is 12.1. The molecule has 0 aromatic heterocycles. The van der Waals surface area contributed by atoms with Gasteiger partial charge in [0.05, 0.1) is 6.04 Å². The molecule has 0 fully saturated rings. The third-order valence-corrected chi connectivity index (χ3v) is 3.92. The van der Waals surface area contributed by atoms with Crippen LogP contribution in [0.5, 0.6) is 0 Å². The topological polar surface area (TPSA) is 37.4 Å². The lowest BCUT2D eigenvalue weighted by molar-refractivity contribution is -0.123. The van der Waals surface area contributed by atoms with E-state index in [1.54, 1.807) is 6.92 Å². The van der Waals surface area contributed by atoms with Crippen LogP contribution >= 0.6 is 0 Å². The van der Waals surface area contributed by atoms with Gasteiger partial charge in [-0.25, -0.2) is 0 Å². The molecule has 2 aromatic rings. The third-order valence-electron chi connectivity index (χ3n) is 3.92. The lowest BCUT2D eigenvalue weighted by atomic mass is 10.0. The van der Waals surface area contributed by atoms with E-state index in [1.807, 2.05) is 36.4 Å². The van der Waals surface area contributed by atoms with E-state index in [4.69, 9.17) is 0 Å². The van der Waals surface area contributed by atoms with Gasteiger partial charge in [0, 0.05) is 19.5 Å². The minimum atomic E-state index is -0.236. The van der Waals surface area contributed by atoms with Crippen molar-refractivity contribution in [3.8, 4) is 0 Å². The highest BCUT2D eigenvalue weighted by Gasteiger charge is 2.22. The van der Waals surface area contributed by atoms with Crippen LogP contribution in [0.25, 0.3) is 0 Å². The number of carbonyl (C=O) groups is 2. The summed E-state index contributed by atoms with van der Waals surface area (Å²) in [5, 5.41) is 0. The summed E-state index contributed by atoms with van der Waals surface area (Å²) in [6, 6.07) is 20.0. The molecule has 2 rings (SSSR count). The number of nitrogens with zero attached hydrogens (tertiary/aromatic N) is 1. The van der Waals surface area contributed by atoms with Gasteiger partial charge in [-0.1, -0.05) is 60.7 Å². The molecule has 2 aromatic carbocycles. The van der Waals surface area contributed by atoms with Crippen molar-refractivity contribution in [1.29, 1.82) is 0 Å². The molecule has 0 unspecified atom stereocenters. The lowest BCUT2D eigenvalue weighted by Crippen LogP contribution is -2.39. The first-order chi connectivity index (χ1) is 11.2. The van der Waals surface area contributed by atoms with E-state index in [0.29, 0.717) is 25.9 Å². The predicted octanol–water partition coefficient (Wildman–Crippen LogP) is 3.63. The van der Waals surface area contributed by atoms with Crippen molar-refractivity contribution in [3.63, 3.8) is 0 Å². The van der Waals surface area contributed by atoms with Crippen molar-refractivity contribution in [1.82, 2.24) is 4.90 Å². The predicted molar refractivity (Wildman–Crippen MR) is 91.9 cm³/mol. The molecule has 0 aliphatic carbocycles. The van der Waals surface area contributed by atoms with Gasteiger partial charge >= 0.3 is 0 Å². The molecule has 23 heavy (non-hydrogen) atoms. The Morgan fingerprint density at radius 1 is 0.957 bits per heavy atom. The van der Waals surface area contributed by atoms with Crippen LogP contribution in [0.3, 0.4) is 0 Å². The highest BCUT2D eigenvalue weighted by molar-refractivity contribution is 5.81. The van der Waals surface area contributed by atoms with Gasteiger partial charge < -0.3 is 4.79 Å². The van der Waals surface area contributed by atoms with Crippen LogP contribution in [0.1, 0.15) is 30.9 Å². The zero-order valence-electron chi connectivity index (χ0n) is 13.5. The number of rotatable bonds is 9. The van der Waals surface area contributed by atoms with Gasteiger partial charge in [-0.3, -0.25) is 9.69 Å². The van der Waals surface area contributed by atoms with Gasteiger partial charge in [-0.05, 0) is 24.5 Å². The third kappa shape index (κ3) is 5.46. The number of aldehydes is 1. The molecule has 0 heterocycles. The fourth-order valence-electron chi connectivity index (χ4n) is 2.78. The zero-order valence-corrected chi connectivity index (χ0v) is 13.5. The average Bonchev–Trinajstić information content (AvgIpc) is 2.56. The molecule has 120 valence electrons. The second kappa shape index (κ2) is 9.01. The zero-order chi connectivity index (χ0) is 16.5. The quantitative estimate of drug-likeness (QED) is 0.664. The summed E-state index contributed by atoms with van der Waals surface area (Å²) in [5.74, 6) is 0.110. The van der Waals surface area contributed by atoms with Gasteiger partial charge in [-0.2, -0.15) is 0 Å². The second-order valence-corrected chi connectivity index (χ2v) is 5.75. The van der Waals surface area contributed by atoms with Crippen LogP contribution in [0.2, 0.25) is 0 Å². The van der Waals surface area contributed by atoms with Crippen molar-refractivity contribution in [3.05, 3.63) is 71.8 Å². The maximum atomic E-state index is 12.1. The molecule has 0 saturated carbocycles. The number of ketones is 1. The Kier molecular flexibility index (Phi) is 6.70. The van der Waals surface area contributed by atoms with Crippen LogP contribution in [-0.4, -0.2) is 23.0 Å². The van der Waals surface area contributed by atoms with Crippen LogP contribution in [0.15, 0.2) is 60.7 Å². The molecule has 0 spiro atoms. The fraction of sp³-hybridized carbons (Fsp3) is 0.300. The first-order valence-electron chi connectivity index (χ1n) is 7.96. The first kappa shape index (κ1) is 17.1. The average molecular weight is 309 g/mol. The van der Waals surface area contributed by atoms with E-state index in [0.717, 1.165) is 6.29 Å². The Morgan fingerprint density at radius 3 is 1.83 bits per heavy atom. The molecule has 0 aliphatic heterocycles. The Hall–Kier alpha value is -2.26. The monoisotopic (exact) mass is 309 g/mol. The molecule has 0 aliphatic rings. The van der Waals surface area contributed by atoms with Crippen molar-refractivity contribution in [2.75, 3.05) is 0 Å².